The third-order valence-electron chi connectivity index (χ3n) is 7.75. The number of Topliss-reactive ketones (excluding diaryl/α,β-unsaturated/α-hetero) is 4. The van der Waals surface area contributed by atoms with Gasteiger partial charge in [-0.15, -0.1) is 27.5 Å². The van der Waals surface area contributed by atoms with Gasteiger partial charge in [-0.2, -0.15) is 26.9 Å². The summed E-state index contributed by atoms with van der Waals surface area (Å²) in [5.41, 5.74) is 11.0. The number of rotatable bonds is 12. The van der Waals surface area contributed by atoms with Crippen molar-refractivity contribution in [2.45, 2.75) is 47.5 Å². The fourth-order valence-corrected chi connectivity index (χ4v) is 4.90. The molecule has 16 nitrogen and oxygen atoms in total. The number of nitrogens with zero attached hydrogens (tertiary/aromatic N) is 2. The fourth-order valence-electron chi connectivity index (χ4n) is 4.64. The van der Waals surface area contributed by atoms with Crippen molar-refractivity contribution >= 4 is 62.9 Å². The van der Waals surface area contributed by atoms with Crippen LogP contribution in [0.2, 0.25) is 0 Å². The van der Waals surface area contributed by atoms with Crippen molar-refractivity contribution in [3.8, 4) is 17.2 Å². The molecule has 0 saturated heterocycles. The van der Waals surface area contributed by atoms with E-state index in [4.69, 9.17) is 50.2 Å². The summed E-state index contributed by atoms with van der Waals surface area (Å²) in [6, 6.07) is 9.37. The van der Waals surface area contributed by atoms with E-state index >= 15 is 0 Å². The number of ketones is 4. The Bertz CT molecular complexity index is 1680. The van der Waals surface area contributed by atoms with Crippen LogP contribution < -0.4 is 37.7 Å². The van der Waals surface area contributed by atoms with Gasteiger partial charge in [0.05, 0.1) is 26.8 Å². The van der Waals surface area contributed by atoms with Gasteiger partial charge in [-0.05, 0) is 45.4 Å². The van der Waals surface area contributed by atoms with Crippen molar-refractivity contribution in [1.29, 1.82) is 0 Å². The maximum absolute atomic E-state index is 13.6. The van der Waals surface area contributed by atoms with Crippen molar-refractivity contribution in [2.75, 3.05) is 51.7 Å². The molecule has 2 N–H and O–H groups in total. The minimum atomic E-state index is -4.94. The van der Waals surface area contributed by atoms with E-state index in [1.807, 2.05) is 18.2 Å². The molecular weight excluding hydrogens is 798 g/mol. The van der Waals surface area contributed by atoms with Crippen LogP contribution in [0.4, 0.5) is 11.4 Å². The molecule has 1 aliphatic rings. The maximum Gasteiger partial charge on any atom is 3.00 e. The minimum absolute atomic E-state index is 0. The number of hydrogen-bond acceptors (Lipinski definition) is 12. The largest absolute Gasteiger partial charge is 3.00 e. The van der Waals surface area contributed by atoms with Gasteiger partial charge in [-0.25, -0.2) is 18.6 Å². The number of anilines is 1. The zero-order chi connectivity index (χ0) is 40.8. The van der Waals surface area contributed by atoms with Crippen LogP contribution in [0, 0.1) is 22.1 Å². The molecule has 300 valence electrons. The van der Waals surface area contributed by atoms with Gasteiger partial charge < -0.3 is 54.3 Å². The van der Waals surface area contributed by atoms with E-state index in [1.54, 1.807) is 31.3 Å². The molecule has 54 heavy (non-hydrogen) atoms. The Balaban J connectivity index is 0.00000105. The van der Waals surface area contributed by atoms with E-state index in [0.29, 0.717) is 59.3 Å². The number of carbonyl (C=O) groups excluding carboxylic acids is 5. The van der Waals surface area contributed by atoms with Crippen molar-refractivity contribution in [1.82, 2.24) is 4.98 Å². The van der Waals surface area contributed by atoms with Gasteiger partial charge in [0.2, 0.25) is 5.75 Å². The molecule has 0 fully saturated rings. The molecule has 1 atom stereocenters. The van der Waals surface area contributed by atoms with Crippen LogP contribution in [0.25, 0.3) is 22.0 Å². The first-order valence-corrected chi connectivity index (χ1v) is 17.4. The summed E-state index contributed by atoms with van der Waals surface area (Å²) >= 11 is 6.21. The summed E-state index contributed by atoms with van der Waals surface area (Å²) in [4.78, 5) is 59.8. The standard InChI is InChI=1S/C23H25ClN4O4.2C6H9O2.ClHO4.Co/c1-30-19-9-13-8-17(27-20(13)22(32-3)21(19)31-2)23(29)28-12-14(11-24)16-5-4-15(10-18(16)28)26-7-6-25;2*1-4(5(2)7)6(3)8;2-1(3,4)5;/h4-5,8-10,14,25H,6-7,11-12H2,1-3H3,(H,27,29);2*1-3H3;(H,2,3,4,5);/q-2;2*-1;;+3/p-1. The third kappa shape index (κ3) is 14.7. The Morgan fingerprint density at radius 2 is 1.39 bits per heavy atom. The molecule has 2 aromatic carbocycles. The molecule has 4 rings (SSSR count). The predicted octanol–water partition coefficient (Wildman–Crippen LogP) is 1.99. The maximum atomic E-state index is 13.6. The molecule has 1 unspecified atom stereocenters. The number of amides is 1. The number of methoxy groups -OCH3 is 3. The normalized spacial score (nSPS) is 12.5. The van der Waals surface area contributed by atoms with Crippen LogP contribution in [0.15, 0.2) is 30.3 Å². The summed E-state index contributed by atoms with van der Waals surface area (Å²) in [6.45, 7) is 9.72. The number of nitrogens with one attached hydrogen (secondary N) is 2. The number of benzene rings is 2. The number of carbonyl (C=O) groups is 5. The molecule has 3 aromatic rings. The van der Waals surface area contributed by atoms with E-state index in [9.17, 15) is 24.0 Å². The topological polar surface area (TPSA) is 262 Å². The molecule has 0 spiro atoms. The summed E-state index contributed by atoms with van der Waals surface area (Å²) in [5.74, 6) is 1.81. The van der Waals surface area contributed by atoms with Crippen molar-refractivity contribution in [3.05, 3.63) is 64.5 Å². The first-order chi connectivity index (χ1) is 24.7. The Hall–Kier alpha value is -4.04. The number of fused-ring (bicyclic) bond motifs is 2. The van der Waals surface area contributed by atoms with Gasteiger partial charge >= 0.3 is 16.8 Å². The first-order valence-electron chi connectivity index (χ1n) is 15.6. The van der Waals surface area contributed by atoms with Gasteiger partial charge in [-0.3, -0.25) is 16.6 Å². The number of aromatic nitrogens is 1. The van der Waals surface area contributed by atoms with Gasteiger partial charge in [0.25, 0.3) is 5.91 Å². The Morgan fingerprint density at radius 1 is 0.889 bits per heavy atom. The third-order valence-corrected chi connectivity index (χ3v) is 8.12. The van der Waals surface area contributed by atoms with Gasteiger partial charge in [0, 0.05) is 52.5 Å². The monoisotopic (exact) mass is 840 g/mol. The molecule has 0 aliphatic carbocycles. The number of H-pyrrole nitrogens is 1. The molecular formula is C35H43Cl2CoN4O12-2. The van der Waals surface area contributed by atoms with Gasteiger partial charge in [-0.1, -0.05) is 18.2 Å². The average Bonchev–Trinajstić information content (AvgIpc) is 3.69. The molecule has 2 heterocycles. The summed E-state index contributed by atoms with van der Waals surface area (Å²) in [6.07, 6.45) is 0. The van der Waals surface area contributed by atoms with Crippen LogP contribution >= 0.6 is 11.6 Å². The first kappa shape index (κ1) is 50.0. The number of alkyl halides is 1. The minimum Gasteiger partial charge on any atom is -0.686 e. The number of hydrogen-bond donors (Lipinski definition) is 1. The van der Waals surface area contributed by atoms with E-state index in [1.165, 1.54) is 48.7 Å². The van der Waals surface area contributed by atoms with E-state index in [2.05, 4.69) is 10.3 Å². The summed E-state index contributed by atoms with van der Waals surface area (Å²) < 4.78 is 50.4. The Kier molecular flexibility index (Phi) is 21.3. The quantitative estimate of drug-likeness (QED) is 0.156. The molecule has 1 amide bonds. The number of ether oxygens (including phenoxy) is 3. The zero-order valence-electron chi connectivity index (χ0n) is 31.2. The summed E-state index contributed by atoms with van der Waals surface area (Å²) in [7, 11) is -0.306. The van der Waals surface area contributed by atoms with Crippen LogP contribution in [-0.4, -0.2) is 80.9 Å². The Labute approximate surface area is 331 Å². The van der Waals surface area contributed by atoms with Crippen LogP contribution in [0.1, 0.15) is 63.5 Å². The molecule has 19 heteroatoms. The van der Waals surface area contributed by atoms with Crippen molar-refractivity contribution < 1.29 is 83.8 Å². The van der Waals surface area contributed by atoms with Crippen LogP contribution in [0.3, 0.4) is 0 Å². The molecule has 0 radical (unpaired) electrons. The fraction of sp³-hybridized carbons (Fsp3) is 0.400. The van der Waals surface area contributed by atoms with E-state index < -0.39 is 10.2 Å². The number of halogens is 2. The second-order valence-corrected chi connectivity index (χ2v) is 12.4. The Morgan fingerprint density at radius 3 is 1.78 bits per heavy atom. The van der Waals surface area contributed by atoms with E-state index in [0.717, 1.165) is 22.3 Å². The van der Waals surface area contributed by atoms with Crippen LogP contribution in [0.5, 0.6) is 17.2 Å². The molecule has 0 saturated carbocycles. The molecule has 1 aliphatic heterocycles. The molecule has 0 bridgehead atoms. The SMILES string of the molecule is CC(=O)[C-](C)C(C)=O.CC(=O)[C-](C)C(C)=O.COc1cc2cc(C(=O)N3CC(CCl)c4ccc([N-]CC[NH-])cc43)[nH]c2c(OC)c1OC.[Co+3].[O-][Cl+3]([O-])([O-])[O-]. The predicted molar refractivity (Wildman–Crippen MR) is 187 cm³/mol. The van der Waals surface area contributed by atoms with E-state index in [-0.39, 0.29) is 58.3 Å². The van der Waals surface area contributed by atoms with Gasteiger partial charge in [0.1, 0.15) is 5.69 Å². The number of aromatic amines is 1. The zero-order valence-corrected chi connectivity index (χ0v) is 33.7. The average molecular weight is 842 g/mol. The second-order valence-electron chi connectivity index (χ2n) is 11.3. The van der Waals surface area contributed by atoms with Crippen LogP contribution in [-0.2, 0) is 36.0 Å². The summed E-state index contributed by atoms with van der Waals surface area (Å²) in [5, 5.41) is 5.18. The van der Waals surface area contributed by atoms with Gasteiger partial charge in [0.15, 0.2) is 11.5 Å². The van der Waals surface area contributed by atoms with Crippen molar-refractivity contribution in [3.63, 3.8) is 0 Å². The molecule has 1 aromatic heterocycles. The smallest absolute Gasteiger partial charge is 0.686 e. The second kappa shape index (κ2) is 23.0. The van der Waals surface area contributed by atoms with Crippen molar-refractivity contribution in [2.24, 2.45) is 0 Å².